The number of hydrogen-bond donors (Lipinski definition) is 8. The van der Waals surface area contributed by atoms with Crippen molar-refractivity contribution in [2.75, 3.05) is 13.2 Å². The number of aromatic amines is 1. The number of nitro benzene ring substituents is 1. The molecule has 8 N–H and O–H groups in total. The number of carbonyl (C=O) groups excluding carboxylic acids is 2. The van der Waals surface area contributed by atoms with Crippen LogP contribution in [0, 0.1) is 22.0 Å². The molecular formula is C50H68N6O17. The second kappa shape index (κ2) is 25.7. The van der Waals surface area contributed by atoms with Crippen LogP contribution in [-0.2, 0) is 57.4 Å². The summed E-state index contributed by atoms with van der Waals surface area (Å²) in [4.78, 5) is 54.5. The fraction of sp³-hybridized carbons (Fsp3) is 0.620. The van der Waals surface area contributed by atoms with Gasteiger partial charge >= 0.3 is 11.9 Å². The first-order valence-corrected chi connectivity index (χ1v) is 25.1. The first-order valence-electron chi connectivity index (χ1n) is 25.1. The van der Waals surface area contributed by atoms with Gasteiger partial charge < -0.3 is 69.4 Å². The number of aryl methyl sites for hydroxylation is 2. The largest absolute Gasteiger partial charge is 0.479 e. The summed E-state index contributed by atoms with van der Waals surface area (Å²) >= 11 is 0. The van der Waals surface area contributed by atoms with E-state index in [1.165, 1.54) is 25.1 Å². The minimum Gasteiger partial charge on any atom is -0.479 e. The predicted molar refractivity (Wildman–Crippen MR) is 256 cm³/mol. The van der Waals surface area contributed by atoms with Crippen LogP contribution >= 0.6 is 0 Å². The quantitative estimate of drug-likeness (QED) is 0.0216. The van der Waals surface area contributed by atoms with E-state index in [1.807, 2.05) is 13.1 Å². The Morgan fingerprint density at radius 2 is 1.70 bits per heavy atom. The van der Waals surface area contributed by atoms with Gasteiger partial charge in [-0.05, 0) is 68.7 Å². The molecule has 3 fully saturated rings. The number of aromatic nitrogens is 4. The number of nitrogens with zero attached hydrogens (tertiary/aromatic N) is 4. The summed E-state index contributed by atoms with van der Waals surface area (Å²) in [6, 6.07) is 12.6. The molecule has 73 heavy (non-hydrogen) atoms. The Balaban J connectivity index is 1.07. The molecule has 0 radical (unpaired) electrons. The number of ether oxygens (including phenoxy) is 6. The van der Waals surface area contributed by atoms with Gasteiger partial charge in [0, 0.05) is 60.9 Å². The van der Waals surface area contributed by atoms with Gasteiger partial charge in [0.15, 0.2) is 24.8 Å². The highest BCUT2D eigenvalue weighted by atomic mass is 16.7. The van der Waals surface area contributed by atoms with Gasteiger partial charge in [-0.1, -0.05) is 62.9 Å². The second-order valence-corrected chi connectivity index (χ2v) is 19.2. The van der Waals surface area contributed by atoms with Crippen LogP contribution in [0.1, 0.15) is 93.8 Å². The summed E-state index contributed by atoms with van der Waals surface area (Å²) in [5.74, 6) is -3.82. The number of unbranched alkanes of at least 4 members (excludes halogenated alkanes) is 3. The number of carboxylic acid groups (broad SMARTS) is 1. The summed E-state index contributed by atoms with van der Waals surface area (Å²) in [5, 5.41) is 88.1. The van der Waals surface area contributed by atoms with Gasteiger partial charge in [-0.2, -0.15) is 0 Å². The van der Waals surface area contributed by atoms with Crippen molar-refractivity contribution in [1.82, 2.24) is 25.3 Å². The van der Waals surface area contributed by atoms with Gasteiger partial charge in [0.2, 0.25) is 5.91 Å². The van der Waals surface area contributed by atoms with Crippen molar-refractivity contribution in [3.05, 3.63) is 87.9 Å². The number of rotatable bonds is 24. The number of aliphatic carboxylic acids is 1. The average Bonchev–Trinajstić information content (AvgIpc) is 4.01. The van der Waals surface area contributed by atoms with Crippen LogP contribution in [0.5, 0.6) is 0 Å². The number of carbonyl (C=O) groups is 3. The van der Waals surface area contributed by atoms with Crippen molar-refractivity contribution in [3.63, 3.8) is 0 Å². The number of carboxylic acids is 1. The Kier molecular flexibility index (Phi) is 19.4. The monoisotopic (exact) mass is 1020 g/mol. The third-order valence-electron chi connectivity index (χ3n) is 13.9. The molecule has 15 atom stereocenters. The first-order chi connectivity index (χ1) is 35.1. The number of nitrogens with one attached hydrogen (secondary N) is 2. The fourth-order valence-electron chi connectivity index (χ4n) is 9.81. The number of hydrogen-bond acceptors (Lipinski definition) is 18. The van der Waals surface area contributed by atoms with E-state index >= 15 is 0 Å². The molecule has 2 aliphatic heterocycles. The lowest BCUT2D eigenvalue weighted by molar-refractivity contribution is -0.384. The Labute approximate surface area is 421 Å². The number of aliphatic hydroxyl groups excluding tert-OH is 5. The zero-order valence-electron chi connectivity index (χ0n) is 41.1. The summed E-state index contributed by atoms with van der Waals surface area (Å²) in [5.41, 5.74) is 2.49. The van der Waals surface area contributed by atoms with Gasteiger partial charge in [0.25, 0.3) is 5.69 Å². The highest BCUT2D eigenvalue weighted by molar-refractivity contribution is 5.89. The molecule has 23 heteroatoms. The lowest BCUT2D eigenvalue weighted by atomic mass is 9.77. The number of H-pyrrole nitrogens is 1. The fourth-order valence-corrected chi connectivity index (χ4v) is 9.81. The highest BCUT2D eigenvalue weighted by Crippen LogP contribution is 2.39. The molecule has 400 valence electrons. The van der Waals surface area contributed by atoms with E-state index in [0.717, 1.165) is 35.7 Å². The molecule has 2 aromatic carbocycles. The van der Waals surface area contributed by atoms with Crippen LogP contribution in [0.4, 0.5) is 5.69 Å². The normalized spacial score (nSPS) is 29.9. The Morgan fingerprint density at radius 3 is 2.42 bits per heavy atom. The van der Waals surface area contributed by atoms with Crippen LogP contribution in [0.15, 0.2) is 60.9 Å². The van der Waals surface area contributed by atoms with Crippen molar-refractivity contribution in [3.8, 4) is 0 Å². The van der Waals surface area contributed by atoms with Crippen LogP contribution in [0.3, 0.4) is 0 Å². The molecular weight excluding hydrogens is 957 g/mol. The van der Waals surface area contributed by atoms with Gasteiger partial charge in [0.05, 0.1) is 41.1 Å². The maximum Gasteiger partial charge on any atom is 0.338 e. The maximum atomic E-state index is 14.1. The summed E-state index contributed by atoms with van der Waals surface area (Å²) in [6.45, 7) is 5.21. The summed E-state index contributed by atoms with van der Waals surface area (Å²) in [6.07, 6.45) is -10.5. The number of non-ortho nitro benzene ring substituents is 1. The lowest BCUT2D eigenvalue weighted by Gasteiger charge is -2.48. The molecule has 4 aromatic rings. The van der Waals surface area contributed by atoms with E-state index in [1.54, 1.807) is 48.1 Å². The highest BCUT2D eigenvalue weighted by Gasteiger charge is 2.53. The molecule has 1 saturated carbocycles. The number of nitro groups is 1. The van der Waals surface area contributed by atoms with E-state index in [0.29, 0.717) is 37.9 Å². The van der Waals surface area contributed by atoms with Crippen molar-refractivity contribution in [1.29, 1.82) is 0 Å². The number of benzene rings is 2. The van der Waals surface area contributed by atoms with Crippen molar-refractivity contribution in [2.45, 2.75) is 171 Å². The number of amides is 1. The molecule has 1 amide bonds. The van der Waals surface area contributed by atoms with Gasteiger partial charge in [0.1, 0.15) is 36.6 Å². The molecule has 3 aliphatic rings. The first kappa shape index (κ1) is 55.3. The van der Waals surface area contributed by atoms with E-state index < -0.39 is 115 Å². The van der Waals surface area contributed by atoms with E-state index in [9.17, 15) is 55.1 Å². The molecule has 9 unspecified atom stereocenters. The van der Waals surface area contributed by atoms with Crippen molar-refractivity contribution in [2.24, 2.45) is 11.8 Å². The predicted octanol–water partition coefficient (Wildman–Crippen LogP) is 2.72. The topological polar surface area (TPSA) is 330 Å². The molecule has 0 spiro atoms. The van der Waals surface area contributed by atoms with Crippen LogP contribution in [0.25, 0.3) is 10.9 Å². The van der Waals surface area contributed by atoms with Crippen molar-refractivity contribution >= 4 is 34.4 Å². The van der Waals surface area contributed by atoms with Gasteiger partial charge in [-0.15, -0.1) is 5.10 Å². The zero-order chi connectivity index (χ0) is 52.3. The number of aliphatic hydroxyl groups is 5. The smallest absolute Gasteiger partial charge is 0.338 e. The van der Waals surface area contributed by atoms with Crippen LogP contribution in [-0.4, -0.2) is 166 Å². The van der Waals surface area contributed by atoms with Crippen LogP contribution in [0.2, 0.25) is 0 Å². The van der Waals surface area contributed by atoms with E-state index in [2.05, 4.69) is 20.6 Å². The number of esters is 1. The summed E-state index contributed by atoms with van der Waals surface area (Å²) in [7, 11) is 0. The molecule has 1 aliphatic carbocycles. The number of fused-ring (bicyclic) bond motifs is 1. The minimum absolute atomic E-state index is 0.0144. The van der Waals surface area contributed by atoms with Crippen LogP contribution < -0.4 is 5.32 Å². The standard InChI is InChI=1S/C50H68N6O17/c1-4-5-6-10-15-36(47(63)64)69-44-40(59)38(26-57)71-50(45(44)72-48(65)29-12-8-7-9-13-29)70-37-22-31(21-27(2)43(37)73-49-42(61)41(60)39(58)28(3)68-49)46(62)51-19-18-32-25-55(54-53-32)20-11-14-30-24-52-35-17-16-33(56(66)67)23-34(30)35/h7-9,12-13,16-17,23-25,27-28,31,36-45,49-50,52,57-61H,4-6,10-11,14-15,18-22,26H2,1-3H3,(H,51,62)(H,63,64)/t27?,28?,31?,36-,37+,38?,39+,40-,41?,42?,43?,44?,45?,49-,50+/m0/s1. The molecule has 23 nitrogen and oxygen atoms in total. The SMILES string of the molecule is CCCCCC[C@H](OC1C(OC(=O)c2ccccc2)[C@H](O[C@@H]2CC(C(=O)NCCc3cn(CCCc4c[nH]c5ccc([N+](=O)[O-])cc45)nn3)CC(C)C2O[C@@H]2OC(C)[C@@H](O)C(O)C2O)OC(CO)[C@@H]1O)C(=O)O. The van der Waals surface area contributed by atoms with E-state index in [4.69, 9.17) is 28.4 Å². The molecule has 2 saturated heterocycles. The Hall–Kier alpha value is -5.47. The van der Waals surface area contributed by atoms with Gasteiger partial charge in [-0.25, -0.2) is 9.59 Å². The Morgan fingerprint density at radius 1 is 0.918 bits per heavy atom. The zero-order valence-corrected chi connectivity index (χ0v) is 41.1. The molecule has 7 rings (SSSR count). The van der Waals surface area contributed by atoms with Gasteiger partial charge in [-0.3, -0.25) is 19.6 Å². The molecule has 4 heterocycles. The average molecular weight is 1030 g/mol. The minimum atomic E-state index is -1.72. The third kappa shape index (κ3) is 13.8. The van der Waals surface area contributed by atoms with Crippen molar-refractivity contribution < 1.29 is 78.4 Å². The summed E-state index contributed by atoms with van der Waals surface area (Å²) < 4.78 is 38.8. The second-order valence-electron chi connectivity index (χ2n) is 19.2. The molecule has 2 aromatic heterocycles. The lowest BCUT2D eigenvalue weighted by Crippen LogP contribution is -2.64. The maximum absolute atomic E-state index is 14.1. The Bertz CT molecular complexity index is 2440. The third-order valence-corrected chi connectivity index (χ3v) is 13.9. The molecule has 0 bridgehead atoms. The van der Waals surface area contributed by atoms with E-state index in [-0.39, 0.29) is 43.0 Å².